The topological polar surface area (TPSA) is 40.5 Å². The SMILES string of the molecule is CCC(CC)N(CCO)CC(=O)c1ccc(F)c(F)c1. The van der Waals surface area contributed by atoms with Crippen LogP contribution in [0, 0.1) is 11.6 Å². The van der Waals surface area contributed by atoms with Gasteiger partial charge in [-0.05, 0) is 31.0 Å². The highest BCUT2D eigenvalue weighted by molar-refractivity contribution is 5.97. The standard InChI is InChI=1S/C15H21F2NO2/c1-3-12(4-2)18(7-8-19)10-15(20)11-5-6-13(16)14(17)9-11/h5-6,9,12,19H,3-4,7-8,10H2,1-2H3. The van der Waals surface area contributed by atoms with E-state index in [1.54, 1.807) is 0 Å². The summed E-state index contributed by atoms with van der Waals surface area (Å²) in [4.78, 5) is 14.0. The first kappa shape index (κ1) is 16.7. The van der Waals surface area contributed by atoms with Crippen molar-refractivity contribution in [2.45, 2.75) is 32.7 Å². The van der Waals surface area contributed by atoms with Gasteiger partial charge in [0, 0.05) is 18.2 Å². The number of carbonyl (C=O) groups excluding carboxylic acids is 1. The molecular weight excluding hydrogens is 264 g/mol. The molecule has 0 bridgehead atoms. The van der Waals surface area contributed by atoms with E-state index in [2.05, 4.69) is 0 Å². The molecule has 1 N–H and O–H groups in total. The molecule has 112 valence electrons. The van der Waals surface area contributed by atoms with Gasteiger partial charge in [-0.25, -0.2) is 8.78 Å². The molecule has 0 atom stereocenters. The maximum Gasteiger partial charge on any atom is 0.176 e. The van der Waals surface area contributed by atoms with Crippen molar-refractivity contribution in [2.75, 3.05) is 19.7 Å². The van der Waals surface area contributed by atoms with Crippen LogP contribution in [0.4, 0.5) is 8.78 Å². The molecule has 0 radical (unpaired) electrons. The summed E-state index contributed by atoms with van der Waals surface area (Å²) in [5.74, 6) is -2.26. The molecule has 0 heterocycles. The molecule has 20 heavy (non-hydrogen) atoms. The van der Waals surface area contributed by atoms with Crippen LogP contribution in [0.15, 0.2) is 18.2 Å². The van der Waals surface area contributed by atoms with Crippen LogP contribution in [0.5, 0.6) is 0 Å². The minimum absolute atomic E-state index is 0.0401. The fraction of sp³-hybridized carbons (Fsp3) is 0.533. The van der Waals surface area contributed by atoms with Crippen molar-refractivity contribution >= 4 is 5.78 Å². The predicted octanol–water partition coefficient (Wildman–Crippen LogP) is 2.63. The van der Waals surface area contributed by atoms with Crippen LogP contribution in [0.1, 0.15) is 37.0 Å². The number of ketones is 1. The predicted molar refractivity (Wildman–Crippen MR) is 73.7 cm³/mol. The van der Waals surface area contributed by atoms with Crippen molar-refractivity contribution in [3.05, 3.63) is 35.4 Å². The number of hydrogen-bond acceptors (Lipinski definition) is 3. The molecule has 0 amide bonds. The van der Waals surface area contributed by atoms with Crippen LogP contribution in [-0.2, 0) is 0 Å². The van der Waals surface area contributed by atoms with Crippen molar-refractivity contribution in [3.63, 3.8) is 0 Å². The minimum Gasteiger partial charge on any atom is -0.395 e. The second kappa shape index (κ2) is 8.07. The quantitative estimate of drug-likeness (QED) is 0.746. The zero-order valence-electron chi connectivity index (χ0n) is 11.9. The zero-order valence-corrected chi connectivity index (χ0v) is 11.9. The van der Waals surface area contributed by atoms with Gasteiger partial charge in [0.25, 0.3) is 0 Å². The van der Waals surface area contributed by atoms with Crippen LogP contribution in [0.3, 0.4) is 0 Å². The van der Waals surface area contributed by atoms with E-state index in [9.17, 15) is 13.6 Å². The molecule has 0 aliphatic heterocycles. The number of nitrogens with zero attached hydrogens (tertiary/aromatic N) is 1. The van der Waals surface area contributed by atoms with Gasteiger partial charge in [0.05, 0.1) is 13.2 Å². The first-order valence-corrected chi connectivity index (χ1v) is 6.86. The Morgan fingerprint density at radius 3 is 2.40 bits per heavy atom. The Bertz CT molecular complexity index is 447. The minimum atomic E-state index is -1.02. The molecule has 0 aromatic heterocycles. The Morgan fingerprint density at radius 1 is 1.25 bits per heavy atom. The van der Waals surface area contributed by atoms with E-state index in [-0.39, 0.29) is 30.5 Å². The maximum atomic E-state index is 13.1. The summed E-state index contributed by atoms with van der Waals surface area (Å²) in [5.41, 5.74) is 0.151. The fourth-order valence-corrected chi connectivity index (χ4v) is 2.27. The fourth-order valence-electron chi connectivity index (χ4n) is 2.27. The van der Waals surface area contributed by atoms with Crippen LogP contribution in [-0.4, -0.2) is 41.5 Å². The molecule has 5 heteroatoms. The highest BCUT2D eigenvalue weighted by Crippen LogP contribution is 2.13. The number of carbonyl (C=O) groups is 1. The van der Waals surface area contributed by atoms with E-state index in [1.807, 2.05) is 18.7 Å². The average Bonchev–Trinajstić information content (AvgIpc) is 2.43. The number of Topliss-reactive ketones (excluding diaryl/α,β-unsaturated/α-hetero) is 1. The summed E-state index contributed by atoms with van der Waals surface area (Å²) in [7, 11) is 0. The number of aliphatic hydroxyl groups is 1. The number of rotatable bonds is 8. The Morgan fingerprint density at radius 2 is 1.90 bits per heavy atom. The molecule has 1 aromatic carbocycles. The van der Waals surface area contributed by atoms with E-state index in [4.69, 9.17) is 5.11 Å². The van der Waals surface area contributed by atoms with Gasteiger partial charge >= 0.3 is 0 Å². The van der Waals surface area contributed by atoms with E-state index in [0.717, 1.165) is 25.0 Å². The van der Waals surface area contributed by atoms with E-state index >= 15 is 0 Å². The summed E-state index contributed by atoms with van der Waals surface area (Å²) in [5, 5.41) is 9.08. The molecule has 0 aliphatic carbocycles. The Hall–Kier alpha value is -1.33. The molecule has 0 spiro atoms. The molecule has 0 fully saturated rings. The average molecular weight is 285 g/mol. The van der Waals surface area contributed by atoms with Gasteiger partial charge in [-0.15, -0.1) is 0 Å². The molecule has 3 nitrogen and oxygen atoms in total. The highest BCUT2D eigenvalue weighted by Gasteiger charge is 2.19. The number of halogens is 2. The lowest BCUT2D eigenvalue weighted by Gasteiger charge is -2.29. The first-order chi connectivity index (χ1) is 9.53. The second-order valence-electron chi connectivity index (χ2n) is 4.72. The molecular formula is C15H21F2NO2. The maximum absolute atomic E-state index is 13.1. The summed E-state index contributed by atoms with van der Waals surface area (Å²) in [6.45, 7) is 4.47. The number of aliphatic hydroxyl groups excluding tert-OH is 1. The Kier molecular flexibility index (Phi) is 6.75. The summed E-state index contributed by atoms with van der Waals surface area (Å²) in [6.07, 6.45) is 1.73. The van der Waals surface area contributed by atoms with Gasteiger partial charge in [0.15, 0.2) is 17.4 Å². The highest BCUT2D eigenvalue weighted by atomic mass is 19.2. The van der Waals surface area contributed by atoms with Gasteiger partial charge in [0.2, 0.25) is 0 Å². The van der Waals surface area contributed by atoms with Gasteiger partial charge in [0.1, 0.15) is 0 Å². The summed E-state index contributed by atoms with van der Waals surface area (Å²) < 4.78 is 26.0. The van der Waals surface area contributed by atoms with Gasteiger partial charge in [-0.1, -0.05) is 13.8 Å². The van der Waals surface area contributed by atoms with Gasteiger partial charge in [-0.2, -0.15) is 0 Å². The van der Waals surface area contributed by atoms with Crippen molar-refractivity contribution in [2.24, 2.45) is 0 Å². The van der Waals surface area contributed by atoms with Crippen molar-refractivity contribution in [1.29, 1.82) is 0 Å². The third kappa shape index (κ3) is 4.35. The largest absolute Gasteiger partial charge is 0.395 e. The van der Waals surface area contributed by atoms with Crippen molar-refractivity contribution < 1.29 is 18.7 Å². The molecule has 1 rings (SSSR count). The van der Waals surface area contributed by atoms with Crippen molar-refractivity contribution in [1.82, 2.24) is 4.90 Å². The second-order valence-corrected chi connectivity index (χ2v) is 4.72. The molecule has 0 saturated carbocycles. The molecule has 0 aliphatic rings. The summed E-state index contributed by atoms with van der Waals surface area (Å²) >= 11 is 0. The number of hydrogen-bond donors (Lipinski definition) is 1. The van der Waals surface area contributed by atoms with Crippen LogP contribution in [0.2, 0.25) is 0 Å². The third-order valence-corrected chi connectivity index (χ3v) is 3.43. The number of benzene rings is 1. The van der Waals surface area contributed by atoms with E-state index < -0.39 is 11.6 Å². The zero-order chi connectivity index (χ0) is 15.1. The van der Waals surface area contributed by atoms with Gasteiger partial charge in [-0.3, -0.25) is 9.69 Å². The van der Waals surface area contributed by atoms with E-state index in [0.29, 0.717) is 6.54 Å². The first-order valence-electron chi connectivity index (χ1n) is 6.86. The van der Waals surface area contributed by atoms with E-state index in [1.165, 1.54) is 6.07 Å². The normalized spacial score (nSPS) is 11.3. The molecule has 1 aromatic rings. The monoisotopic (exact) mass is 285 g/mol. The van der Waals surface area contributed by atoms with Crippen LogP contribution in [0.25, 0.3) is 0 Å². The summed E-state index contributed by atoms with van der Waals surface area (Å²) in [6, 6.07) is 3.35. The Balaban J connectivity index is 2.81. The molecule has 0 saturated heterocycles. The molecule has 0 unspecified atom stereocenters. The van der Waals surface area contributed by atoms with Crippen LogP contribution < -0.4 is 0 Å². The Labute approximate surface area is 118 Å². The lowest BCUT2D eigenvalue weighted by Crippen LogP contribution is -2.40. The smallest absolute Gasteiger partial charge is 0.176 e. The lowest BCUT2D eigenvalue weighted by molar-refractivity contribution is 0.0850. The van der Waals surface area contributed by atoms with Gasteiger partial charge < -0.3 is 5.11 Å². The van der Waals surface area contributed by atoms with Crippen molar-refractivity contribution in [3.8, 4) is 0 Å². The lowest BCUT2D eigenvalue weighted by atomic mass is 10.1. The third-order valence-electron chi connectivity index (χ3n) is 3.43. The van der Waals surface area contributed by atoms with Crippen LogP contribution >= 0.6 is 0 Å².